The highest BCUT2D eigenvalue weighted by atomic mass is 32.2. The van der Waals surface area contributed by atoms with Crippen LogP contribution in [0.3, 0.4) is 0 Å². The summed E-state index contributed by atoms with van der Waals surface area (Å²) in [6.45, 7) is 0. The molecule has 0 atom stereocenters. The maximum atomic E-state index is 12.2. The first-order chi connectivity index (χ1) is 11.4. The van der Waals surface area contributed by atoms with E-state index in [0.717, 1.165) is 0 Å². The van der Waals surface area contributed by atoms with Crippen molar-refractivity contribution in [2.24, 2.45) is 5.73 Å². The van der Waals surface area contributed by atoms with Crippen molar-refractivity contribution >= 4 is 29.4 Å². The van der Waals surface area contributed by atoms with E-state index < -0.39 is 11.9 Å². The fourth-order valence-corrected chi connectivity index (χ4v) is 2.40. The Morgan fingerprint density at radius 2 is 1.71 bits per heavy atom. The number of rotatable bonds is 6. The number of hydrogen-bond donors (Lipinski definition) is 2. The molecule has 0 radical (unpaired) electrons. The molecule has 2 aromatic carbocycles. The minimum absolute atomic E-state index is 0.115. The summed E-state index contributed by atoms with van der Waals surface area (Å²) in [6.07, 6.45) is -0.793. The number of halogens is 2. The summed E-state index contributed by atoms with van der Waals surface area (Å²) >= 11 is 0.443. The highest BCUT2D eigenvalue weighted by molar-refractivity contribution is 7.99. The molecule has 2 aromatic rings. The van der Waals surface area contributed by atoms with Gasteiger partial charge in [-0.25, -0.2) is 4.79 Å². The molecule has 0 aromatic heterocycles. The molecule has 0 spiro atoms. The first-order valence-corrected chi connectivity index (χ1v) is 7.71. The summed E-state index contributed by atoms with van der Waals surface area (Å²) in [5.74, 6) is -2.45. The Morgan fingerprint density at radius 3 is 2.25 bits per heavy atom. The number of benzene rings is 2. The fraction of sp³-hybridized carbons (Fsp3) is 0.125. The lowest BCUT2D eigenvalue weighted by Crippen LogP contribution is -2.16. The molecule has 126 valence electrons. The monoisotopic (exact) mass is 352 g/mol. The Morgan fingerprint density at radius 1 is 1.08 bits per heavy atom. The van der Waals surface area contributed by atoms with E-state index in [9.17, 15) is 18.4 Å². The van der Waals surface area contributed by atoms with Gasteiger partial charge in [-0.05, 0) is 42.0 Å². The van der Waals surface area contributed by atoms with Crippen molar-refractivity contribution in [3.63, 3.8) is 0 Å². The molecule has 0 aliphatic heterocycles. The van der Waals surface area contributed by atoms with Crippen molar-refractivity contribution in [1.29, 1.82) is 0 Å². The molecule has 2 rings (SSSR count). The van der Waals surface area contributed by atoms with Crippen LogP contribution in [0.25, 0.3) is 0 Å². The molecule has 0 aliphatic rings. The van der Waals surface area contributed by atoms with E-state index in [1.807, 2.05) is 0 Å². The number of anilines is 1. The van der Waals surface area contributed by atoms with E-state index in [2.05, 4.69) is 5.32 Å². The van der Waals surface area contributed by atoms with Crippen LogP contribution in [-0.2, 0) is 11.2 Å². The number of amides is 2. The van der Waals surface area contributed by atoms with E-state index in [4.69, 9.17) is 10.5 Å². The van der Waals surface area contributed by atoms with Crippen LogP contribution in [0, 0.1) is 0 Å². The van der Waals surface area contributed by atoms with Gasteiger partial charge >= 0.3 is 6.09 Å². The van der Waals surface area contributed by atoms with E-state index in [1.165, 1.54) is 24.3 Å². The standard InChI is InChI=1S/C16H14F2N2O3S/c17-15(18)24-13-7-3-11(4-8-13)20-14(21)9-10-1-5-12(6-2-10)23-16(19)22/h1-8,15H,9H2,(H2,19,22)(H,20,21). The summed E-state index contributed by atoms with van der Waals surface area (Å²) in [4.78, 5) is 23.0. The van der Waals surface area contributed by atoms with Crippen LogP contribution in [-0.4, -0.2) is 17.8 Å². The molecule has 0 saturated heterocycles. The minimum Gasteiger partial charge on any atom is -0.411 e. The molecule has 0 bridgehead atoms. The third kappa shape index (κ3) is 5.88. The summed E-state index contributed by atoms with van der Waals surface area (Å²) in [5.41, 5.74) is 6.14. The van der Waals surface area contributed by atoms with Crippen LogP contribution in [0.15, 0.2) is 53.4 Å². The number of thioether (sulfide) groups is 1. The zero-order valence-electron chi connectivity index (χ0n) is 12.4. The molecule has 0 fully saturated rings. The molecule has 0 heterocycles. The lowest BCUT2D eigenvalue weighted by atomic mass is 10.1. The summed E-state index contributed by atoms with van der Waals surface area (Å²) in [6, 6.07) is 12.5. The Bertz CT molecular complexity index is 706. The Labute approximate surface area is 141 Å². The van der Waals surface area contributed by atoms with Crippen molar-refractivity contribution in [2.75, 3.05) is 5.32 Å². The van der Waals surface area contributed by atoms with Crippen LogP contribution in [0.1, 0.15) is 5.56 Å². The molecule has 0 unspecified atom stereocenters. The highest BCUT2D eigenvalue weighted by Gasteiger charge is 2.07. The Kier molecular flexibility index (Phi) is 6.14. The molecule has 5 nitrogen and oxygen atoms in total. The maximum absolute atomic E-state index is 12.2. The molecule has 24 heavy (non-hydrogen) atoms. The van der Waals surface area contributed by atoms with E-state index in [1.54, 1.807) is 24.3 Å². The van der Waals surface area contributed by atoms with E-state index in [-0.39, 0.29) is 12.3 Å². The summed E-state index contributed by atoms with van der Waals surface area (Å²) in [5, 5.41) is 2.68. The zero-order valence-corrected chi connectivity index (χ0v) is 13.2. The highest BCUT2D eigenvalue weighted by Crippen LogP contribution is 2.26. The van der Waals surface area contributed by atoms with Gasteiger partial charge in [0.1, 0.15) is 5.75 Å². The first kappa shape index (κ1) is 17.7. The molecule has 3 N–H and O–H groups in total. The number of nitrogens with one attached hydrogen (secondary N) is 1. The third-order valence-electron chi connectivity index (χ3n) is 2.87. The van der Waals surface area contributed by atoms with Crippen LogP contribution in [0.4, 0.5) is 19.3 Å². The Balaban J connectivity index is 1.89. The average molecular weight is 352 g/mol. The molecular weight excluding hydrogens is 338 g/mol. The second-order valence-corrected chi connectivity index (χ2v) is 5.76. The maximum Gasteiger partial charge on any atom is 0.409 e. The van der Waals surface area contributed by atoms with Crippen molar-refractivity contribution in [3.05, 3.63) is 54.1 Å². The quantitative estimate of drug-likeness (QED) is 0.778. The second kappa shape index (κ2) is 8.30. The number of alkyl halides is 2. The SMILES string of the molecule is NC(=O)Oc1ccc(CC(=O)Nc2ccc(SC(F)F)cc2)cc1. The van der Waals surface area contributed by atoms with Gasteiger partial charge in [0.2, 0.25) is 5.91 Å². The van der Waals surface area contributed by atoms with Gasteiger partial charge in [-0.3, -0.25) is 4.79 Å². The van der Waals surface area contributed by atoms with Crippen molar-refractivity contribution in [3.8, 4) is 5.75 Å². The van der Waals surface area contributed by atoms with Gasteiger partial charge in [0.25, 0.3) is 5.76 Å². The Hall–Kier alpha value is -2.61. The minimum atomic E-state index is -2.48. The number of carbonyl (C=O) groups excluding carboxylic acids is 2. The van der Waals surface area contributed by atoms with Gasteiger partial charge in [0.15, 0.2) is 0 Å². The topological polar surface area (TPSA) is 81.4 Å². The van der Waals surface area contributed by atoms with Gasteiger partial charge in [-0.15, -0.1) is 0 Å². The van der Waals surface area contributed by atoms with Crippen LogP contribution in [0.5, 0.6) is 5.75 Å². The third-order valence-corrected chi connectivity index (χ3v) is 3.59. The summed E-state index contributed by atoms with van der Waals surface area (Å²) in [7, 11) is 0. The summed E-state index contributed by atoms with van der Waals surface area (Å²) < 4.78 is 29.2. The molecule has 0 saturated carbocycles. The predicted octanol–water partition coefficient (Wildman–Crippen LogP) is 3.64. The van der Waals surface area contributed by atoms with Crippen molar-refractivity contribution < 1.29 is 23.1 Å². The second-order valence-electron chi connectivity index (χ2n) is 4.69. The van der Waals surface area contributed by atoms with Gasteiger partial charge in [0, 0.05) is 10.6 Å². The van der Waals surface area contributed by atoms with Crippen LogP contribution < -0.4 is 15.8 Å². The number of carbonyl (C=O) groups is 2. The number of ether oxygens (including phenoxy) is 1. The molecule has 2 amide bonds. The molecular formula is C16H14F2N2O3S. The van der Waals surface area contributed by atoms with Gasteiger partial charge in [-0.1, -0.05) is 23.9 Å². The van der Waals surface area contributed by atoms with E-state index in [0.29, 0.717) is 33.7 Å². The smallest absolute Gasteiger partial charge is 0.409 e. The molecule has 0 aliphatic carbocycles. The lowest BCUT2D eigenvalue weighted by molar-refractivity contribution is -0.115. The number of primary amides is 1. The van der Waals surface area contributed by atoms with Crippen LogP contribution in [0.2, 0.25) is 0 Å². The predicted molar refractivity (Wildman–Crippen MR) is 87.3 cm³/mol. The van der Waals surface area contributed by atoms with Crippen LogP contribution >= 0.6 is 11.8 Å². The van der Waals surface area contributed by atoms with Gasteiger partial charge in [0.05, 0.1) is 6.42 Å². The number of nitrogens with two attached hydrogens (primary N) is 1. The lowest BCUT2D eigenvalue weighted by Gasteiger charge is -2.07. The van der Waals surface area contributed by atoms with E-state index >= 15 is 0 Å². The number of hydrogen-bond acceptors (Lipinski definition) is 4. The van der Waals surface area contributed by atoms with Gasteiger partial charge in [-0.2, -0.15) is 8.78 Å². The normalized spacial score (nSPS) is 10.5. The molecule has 8 heteroatoms. The van der Waals surface area contributed by atoms with Crippen molar-refractivity contribution in [2.45, 2.75) is 17.1 Å². The average Bonchev–Trinajstić information content (AvgIpc) is 2.50. The zero-order chi connectivity index (χ0) is 17.5. The first-order valence-electron chi connectivity index (χ1n) is 6.83. The fourth-order valence-electron chi connectivity index (χ4n) is 1.90. The van der Waals surface area contributed by atoms with Gasteiger partial charge < -0.3 is 15.8 Å². The van der Waals surface area contributed by atoms with Crippen molar-refractivity contribution in [1.82, 2.24) is 0 Å². The largest absolute Gasteiger partial charge is 0.411 e.